The number of hydrogen-bond acceptors (Lipinski definition) is 10. The number of alkyl halides is 2. The number of rotatable bonds is 11. The molecule has 3 aromatic rings. The van der Waals surface area contributed by atoms with Gasteiger partial charge in [0.1, 0.15) is 30.3 Å². The summed E-state index contributed by atoms with van der Waals surface area (Å²) in [5.41, 5.74) is 4.99. The fourth-order valence-electron chi connectivity index (χ4n) is 3.75. The molecular formula is C25H26ClF2N4O8P. The summed E-state index contributed by atoms with van der Waals surface area (Å²) in [7, 11) is -4.52. The van der Waals surface area contributed by atoms with Crippen molar-refractivity contribution in [1.29, 1.82) is 0 Å². The van der Waals surface area contributed by atoms with Crippen molar-refractivity contribution in [2.75, 3.05) is 12.3 Å². The number of ether oxygens (including phenoxy) is 2. The highest BCUT2D eigenvalue weighted by atomic mass is 35.5. The van der Waals surface area contributed by atoms with Crippen LogP contribution in [0.1, 0.15) is 18.7 Å². The number of aliphatic hydroxyl groups excluding tert-OH is 1. The van der Waals surface area contributed by atoms with Crippen molar-refractivity contribution in [1.82, 2.24) is 14.6 Å². The molecule has 12 nitrogen and oxygen atoms in total. The lowest BCUT2D eigenvalue weighted by Crippen LogP contribution is -2.42. The van der Waals surface area contributed by atoms with Crippen LogP contribution in [0.2, 0.25) is 5.02 Å². The van der Waals surface area contributed by atoms with E-state index in [1.807, 2.05) is 0 Å². The second kappa shape index (κ2) is 12.6. The number of anilines is 1. The Hall–Kier alpha value is -3.39. The second-order valence-electron chi connectivity index (χ2n) is 8.97. The van der Waals surface area contributed by atoms with Gasteiger partial charge in [0.05, 0.1) is 6.61 Å². The number of aromatic nitrogens is 2. The average Bonchev–Trinajstić information content (AvgIpc) is 3.16. The molecule has 4 N–H and O–H groups in total. The first kappa shape index (κ1) is 30.6. The highest BCUT2D eigenvalue weighted by Crippen LogP contribution is 2.48. The summed E-state index contributed by atoms with van der Waals surface area (Å²) < 4.78 is 65.4. The molecule has 1 saturated heterocycles. The van der Waals surface area contributed by atoms with Gasteiger partial charge in [-0.15, -0.1) is 0 Å². The molecule has 0 amide bonds. The van der Waals surface area contributed by atoms with Gasteiger partial charge in [-0.3, -0.25) is 13.9 Å². The molecule has 5 atom stereocenters. The van der Waals surface area contributed by atoms with Crippen molar-refractivity contribution in [3.05, 3.63) is 87.9 Å². The first-order valence-corrected chi connectivity index (χ1v) is 14.0. The van der Waals surface area contributed by atoms with E-state index in [4.69, 9.17) is 35.9 Å². The van der Waals surface area contributed by atoms with Gasteiger partial charge in [0, 0.05) is 11.2 Å². The Bertz CT molecular complexity index is 1460. The molecule has 0 spiro atoms. The monoisotopic (exact) mass is 614 g/mol. The number of nitrogens with one attached hydrogen (secondary N) is 1. The quantitative estimate of drug-likeness (QED) is 0.214. The van der Waals surface area contributed by atoms with Gasteiger partial charge in [-0.05, 0) is 42.8 Å². The lowest BCUT2D eigenvalue weighted by molar-refractivity contribution is -0.146. The van der Waals surface area contributed by atoms with E-state index < -0.39 is 56.4 Å². The van der Waals surface area contributed by atoms with Gasteiger partial charge in [0.25, 0.3) is 0 Å². The Labute approximate surface area is 237 Å². The molecular weight excluding hydrogens is 589 g/mol. The zero-order valence-corrected chi connectivity index (χ0v) is 23.1. The summed E-state index contributed by atoms with van der Waals surface area (Å²) in [5.74, 6) is -4.98. The van der Waals surface area contributed by atoms with Gasteiger partial charge < -0.3 is 24.8 Å². The highest BCUT2D eigenvalue weighted by molar-refractivity contribution is 7.52. The maximum Gasteiger partial charge on any atom is 0.459 e. The van der Waals surface area contributed by atoms with Crippen LogP contribution in [0, 0.1) is 0 Å². The fourth-order valence-corrected chi connectivity index (χ4v) is 5.38. The van der Waals surface area contributed by atoms with Crippen LogP contribution < -0.4 is 21.0 Å². The molecule has 2 aromatic carbocycles. The normalized spacial score (nSPS) is 22.0. The number of hydrogen-bond donors (Lipinski definition) is 3. The summed E-state index contributed by atoms with van der Waals surface area (Å²) in [4.78, 5) is 28.1. The van der Waals surface area contributed by atoms with E-state index >= 15 is 0 Å². The van der Waals surface area contributed by atoms with E-state index in [2.05, 4.69) is 10.1 Å². The summed E-state index contributed by atoms with van der Waals surface area (Å²) >= 11 is 5.88. The zero-order chi connectivity index (χ0) is 29.8. The van der Waals surface area contributed by atoms with Crippen LogP contribution in [0.5, 0.6) is 5.75 Å². The predicted molar refractivity (Wildman–Crippen MR) is 142 cm³/mol. The molecule has 1 aromatic heterocycles. The lowest BCUT2D eigenvalue weighted by Gasteiger charge is -2.24. The van der Waals surface area contributed by atoms with Crippen molar-refractivity contribution in [2.24, 2.45) is 0 Å². The van der Waals surface area contributed by atoms with E-state index in [1.54, 1.807) is 30.3 Å². The highest BCUT2D eigenvalue weighted by Gasteiger charge is 2.60. The number of nitrogens with two attached hydrogens (primary N) is 1. The largest absolute Gasteiger partial charge is 0.460 e. The Morgan fingerprint density at radius 2 is 1.93 bits per heavy atom. The van der Waals surface area contributed by atoms with Gasteiger partial charge in [0.2, 0.25) is 6.23 Å². The number of carbonyl (C=O) groups excluding carboxylic acids is 1. The Morgan fingerprint density at radius 3 is 2.59 bits per heavy atom. The number of nitrogen functional groups attached to an aromatic ring is 1. The summed E-state index contributed by atoms with van der Waals surface area (Å²) in [6.45, 7) is 0.376. The topological polar surface area (TPSA) is 164 Å². The number of halogens is 3. The molecule has 2 heterocycles. The molecule has 0 bridgehead atoms. The second-order valence-corrected chi connectivity index (χ2v) is 11.1. The molecule has 0 radical (unpaired) electrons. The van der Waals surface area contributed by atoms with Crippen LogP contribution in [-0.4, -0.2) is 51.4 Å². The van der Waals surface area contributed by atoms with E-state index in [0.29, 0.717) is 15.2 Å². The van der Waals surface area contributed by atoms with Crippen LogP contribution in [0.4, 0.5) is 14.6 Å². The molecule has 41 heavy (non-hydrogen) atoms. The summed E-state index contributed by atoms with van der Waals surface area (Å²) in [6, 6.07) is 14.3. The molecule has 1 fully saturated rings. The third kappa shape index (κ3) is 7.47. The van der Waals surface area contributed by atoms with Crippen LogP contribution in [0.3, 0.4) is 0 Å². The number of esters is 1. The smallest absolute Gasteiger partial charge is 0.459 e. The number of benzene rings is 2. The van der Waals surface area contributed by atoms with Crippen molar-refractivity contribution in [2.45, 2.75) is 43.9 Å². The molecule has 4 rings (SSSR count). The summed E-state index contributed by atoms with van der Waals surface area (Å²) in [6.07, 6.45) is -5.57. The number of aliphatic hydroxyl groups is 1. The SMILES string of the molecule is C[C@H](NP(=O)(OC[C@H]1O[C@@H](n2ccc(N)nc2=O)C(F)(F)[C@@H]1O)Oc1ccc(Cl)cc1)C(=O)OCc1ccccc1. The van der Waals surface area contributed by atoms with Crippen molar-refractivity contribution in [3.8, 4) is 5.75 Å². The minimum atomic E-state index is -4.52. The molecule has 1 aliphatic rings. The third-order valence-electron chi connectivity index (χ3n) is 5.86. The fraction of sp³-hybridized carbons (Fsp3) is 0.320. The van der Waals surface area contributed by atoms with Crippen LogP contribution in [-0.2, 0) is 30.0 Å². The standard InChI is InChI=1S/C25H26ClF2N4O8P/c1-15(22(34)37-13-16-5-3-2-4-6-16)31-41(36,40-18-9-7-17(26)8-10-18)38-14-19-21(33)25(27,28)23(39-19)32-12-11-20(29)30-24(32)35/h2-12,15,19,21,23,33H,13-14H2,1H3,(H,31,36)(H2,29,30,35)/t15-,19+,21+,23+,41?/m0/s1. The predicted octanol–water partition coefficient (Wildman–Crippen LogP) is 3.30. The van der Waals surface area contributed by atoms with Crippen molar-refractivity contribution >= 4 is 31.1 Å². The van der Waals surface area contributed by atoms with Crippen molar-refractivity contribution < 1.29 is 41.8 Å². The minimum absolute atomic E-state index is 0.00526. The molecule has 1 aliphatic heterocycles. The Morgan fingerprint density at radius 1 is 1.24 bits per heavy atom. The molecule has 16 heteroatoms. The number of carbonyl (C=O) groups is 1. The molecule has 0 saturated carbocycles. The van der Waals surface area contributed by atoms with Gasteiger partial charge in [-0.1, -0.05) is 41.9 Å². The van der Waals surface area contributed by atoms with E-state index in [1.165, 1.54) is 31.2 Å². The van der Waals surface area contributed by atoms with Gasteiger partial charge in [-0.25, -0.2) is 9.36 Å². The van der Waals surface area contributed by atoms with Crippen LogP contribution in [0.25, 0.3) is 0 Å². The van der Waals surface area contributed by atoms with Crippen LogP contribution >= 0.6 is 19.3 Å². The van der Waals surface area contributed by atoms with Crippen molar-refractivity contribution in [3.63, 3.8) is 0 Å². The number of nitrogens with zero attached hydrogens (tertiary/aromatic N) is 2. The lowest BCUT2D eigenvalue weighted by atomic mass is 10.1. The maximum absolute atomic E-state index is 14.9. The Balaban J connectivity index is 1.49. The first-order chi connectivity index (χ1) is 19.4. The van der Waals surface area contributed by atoms with Gasteiger partial charge in [-0.2, -0.15) is 18.9 Å². The van der Waals surface area contributed by atoms with E-state index in [0.717, 1.165) is 12.3 Å². The van der Waals surface area contributed by atoms with Crippen LogP contribution in [0.15, 0.2) is 71.7 Å². The molecule has 1 unspecified atom stereocenters. The maximum atomic E-state index is 14.9. The van der Waals surface area contributed by atoms with Gasteiger partial charge >= 0.3 is 25.3 Å². The first-order valence-electron chi connectivity index (χ1n) is 12.1. The van der Waals surface area contributed by atoms with E-state index in [-0.39, 0.29) is 18.2 Å². The summed E-state index contributed by atoms with van der Waals surface area (Å²) in [5, 5.41) is 13.1. The third-order valence-corrected chi connectivity index (χ3v) is 7.76. The van der Waals surface area contributed by atoms with E-state index in [9.17, 15) is 28.0 Å². The zero-order valence-electron chi connectivity index (χ0n) is 21.4. The minimum Gasteiger partial charge on any atom is -0.460 e. The van der Waals surface area contributed by atoms with Gasteiger partial charge in [0.15, 0.2) is 6.10 Å². The molecule has 220 valence electrons. The Kier molecular flexibility index (Phi) is 9.42. The molecule has 0 aliphatic carbocycles. The average molecular weight is 615 g/mol.